The summed E-state index contributed by atoms with van der Waals surface area (Å²) < 4.78 is 0. The van der Waals surface area contributed by atoms with Crippen LogP contribution in [0.25, 0.3) is 0 Å². The number of carbonyl (C=O) groups is 3. The number of aliphatic hydroxyl groups is 2. The SMILES string of the molecule is C#C.CCO.CN(CCO)c1cccc(NC=O)c1.N=C(N)c1ccc(NC(=O)CCC=O)cc1. The van der Waals surface area contributed by atoms with Gasteiger partial charge in [-0.2, -0.15) is 0 Å². The fourth-order valence-corrected chi connectivity index (χ4v) is 2.33. The van der Waals surface area contributed by atoms with Crippen molar-refractivity contribution >= 4 is 41.5 Å². The third-order valence-electron chi connectivity index (χ3n) is 3.92. The number of anilines is 3. The molecule has 0 radical (unpaired) electrons. The minimum atomic E-state index is -0.206. The van der Waals surface area contributed by atoms with E-state index in [1.54, 1.807) is 31.2 Å². The van der Waals surface area contributed by atoms with Crippen LogP contribution in [-0.2, 0) is 14.4 Å². The number of hydrogen-bond donors (Lipinski definition) is 6. The molecule has 190 valence electrons. The van der Waals surface area contributed by atoms with Gasteiger partial charge in [-0.3, -0.25) is 15.0 Å². The van der Waals surface area contributed by atoms with Crippen LogP contribution in [0, 0.1) is 18.3 Å². The van der Waals surface area contributed by atoms with Gasteiger partial charge < -0.3 is 36.3 Å². The van der Waals surface area contributed by atoms with Gasteiger partial charge in [0.25, 0.3) is 0 Å². The number of amides is 2. The predicted octanol–water partition coefficient (Wildman–Crippen LogP) is 1.82. The Hall–Kier alpha value is -4.20. The summed E-state index contributed by atoms with van der Waals surface area (Å²) >= 11 is 0. The van der Waals surface area contributed by atoms with Crippen LogP contribution in [0.1, 0.15) is 25.3 Å². The molecule has 0 unspecified atom stereocenters. The van der Waals surface area contributed by atoms with E-state index < -0.39 is 0 Å². The summed E-state index contributed by atoms with van der Waals surface area (Å²) in [6, 6.07) is 14.1. The topological polar surface area (TPSA) is 169 Å². The first-order valence-electron chi connectivity index (χ1n) is 10.6. The molecule has 0 aromatic heterocycles. The quantitative estimate of drug-likeness (QED) is 0.129. The van der Waals surface area contributed by atoms with E-state index in [0.717, 1.165) is 11.4 Å². The normalized spacial score (nSPS) is 8.74. The molecule has 2 aromatic rings. The maximum atomic E-state index is 11.3. The fraction of sp³-hybridized carbons (Fsp3) is 0.280. The molecule has 0 aliphatic rings. The highest BCUT2D eigenvalue weighted by Gasteiger charge is 2.02. The minimum absolute atomic E-state index is 0.0150. The second kappa shape index (κ2) is 21.6. The average Bonchev–Trinajstić information content (AvgIpc) is 2.86. The van der Waals surface area contributed by atoms with Gasteiger partial charge in [-0.05, 0) is 49.4 Å². The molecule has 10 heteroatoms. The summed E-state index contributed by atoms with van der Waals surface area (Å²) in [5.74, 6) is -0.221. The maximum absolute atomic E-state index is 11.3. The molecular weight excluding hydrogens is 450 g/mol. The molecule has 0 fully saturated rings. The number of nitrogens with one attached hydrogen (secondary N) is 3. The number of rotatable bonds is 10. The molecule has 10 nitrogen and oxygen atoms in total. The van der Waals surface area contributed by atoms with Crippen LogP contribution in [-0.4, -0.2) is 61.5 Å². The van der Waals surface area contributed by atoms with Crippen molar-refractivity contribution in [1.29, 1.82) is 5.41 Å². The lowest BCUT2D eigenvalue weighted by molar-refractivity contribution is -0.118. The van der Waals surface area contributed by atoms with Crippen LogP contribution in [0.5, 0.6) is 0 Å². The highest BCUT2D eigenvalue weighted by atomic mass is 16.3. The number of benzene rings is 2. The van der Waals surface area contributed by atoms with Crippen LogP contribution in [0.4, 0.5) is 17.1 Å². The molecule has 0 bridgehead atoms. The van der Waals surface area contributed by atoms with E-state index in [-0.39, 0.29) is 37.8 Å². The molecule has 35 heavy (non-hydrogen) atoms. The van der Waals surface area contributed by atoms with Crippen molar-refractivity contribution in [3.63, 3.8) is 0 Å². The van der Waals surface area contributed by atoms with Gasteiger partial charge in [-0.15, -0.1) is 12.8 Å². The van der Waals surface area contributed by atoms with Crippen molar-refractivity contribution in [2.75, 3.05) is 42.3 Å². The lowest BCUT2D eigenvalue weighted by atomic mass is 10.2. The second-order valence-corrected chi connectivity index (χ2v) is 6.52. The largest absolute Gasteiger partial charge is 0.397 e. The molecule has 0 saturated heterocycles. The highest BCUT2D eigenvalue weighted by Crippen LogP contribution is 2.17. The molecule has 7 N–H and O–H groups in total. The second-order valence-electron chi connectivity index (χ2n) is 6.52. The summed E-state index contributed by atoms with van der Waals surface area (Å²) in [5.41, 5.74) is 8.23. The molecule has 0 saturated carbocycles. The van der Waals surface area contributed by atoms with E-state index in [1.807, 2.05) is 36.2 Å². The van der Waals surface area contributed by atoms with E-state index in [0.29, 0.717) is 30.5 Å². The van der Waals surface area contributed by atoms with Crippen LogP contribution in [0.2, 0.25) is 0 Å². The lowest BCUT2D eigenvalue weighted by Gasteiger charge is -2.18. The first kappa shape index (κ1) is 33.0. The third-order valence-corrected chi connectivity index (χ3v) is 3.92. The summed E-state index contributed by atoms with van der Waals surface area (Å²) in [6.07, 6.45) is 9.75. The molecular formula is C25H35N5O5. The van der Waals surface area contributed by atoms with Crippen LogP contribution in [0.3, 0.4) is 0 Å². The number of nitrogens with zero attached hydrogens (tertiary/aromatic N) is 1. The summed E-state index contributed by atoms with van der Waals surface area (Å²) in [5, 5.41) is 28.7. The molecule has 2 aromatic carbocycles. The zero-order valence-electron chi connectivity index (χ0n) is 20.1. The van der Waals surface area contributed by atoms with Crippen LogP contribution < -0.4 is 21.3 Å². The van der Waals surface area contributed by atoms with Gasteiger partial charge in [0, 0.05) is 55.7 Å². The van der Waals surface area contributed by atoms with E-state index >= 15 is 0 Å². The summed E-state index contributed by atoms with van der Waals surface area (Å²) in [4.78, 5) is 33.4. The third kappa shape index (κ3) is 16.1. The number of aldehydes is 1. The predicted molar refractivity (Wildman–Crippen MR) is 141 cm³/mol. The van der Waals surface area contributed by atoms with E-state index in [1.165, 1.54) is 0 Å². The van der Waals surface area contributed by atoms with E-state index in [9.17, 15) is 14.4 Å². The van der Waals surface area contributed by atoms with Crippen molar-refractivity contribution < 1.29 is 24.6 Å². The monoisotopic (exact) mass is 485 g/mol. The number of carbonyl (C=O) groups excluding carboxylic acids is 3. The van der Waals surface area contributed by atoms with Crippen molar-refractivity contribution in [2.45, 2.75) is 19.8 Å². The summed E-state index contributed by atoms with van der Waals surface area (Å²) in [7, 11) is 1.89. The van der Waals surface area contributed by atoms with Gasteiger partial charge in [-0.1, -0.05) is 6.07 Å². The van der Waals surface area contributed by atoms with Gasteiger partial charge in [0.15, 0.2) is 0 Å². The zero-order chi connectivity index (χ0) is 27.1. The van der Waals surface area contributed by atoms with Crippen molar-refractivity contribution in [2.24, 2.45) is 5.73 Å². The van der Waals surface area contributed by atoms with Crippen molar-refractivity contribution in [3.8, 4) is 12.8 Å². The number of hydrogen-bond acceptors (Lipinski definition) is 7. The number of terminal acetylenes is 1. The van der Waals surface area contributed by atoms with Crippen molar-refractivity contribution in [3.05, 3.63) is 54.1 Å². The maximum Gasteiger partial charge on any atom is 0.224 e. The Kier molecular flexibility index (Phi) is 20.4. The Morgan fingerprint density at radius 2 is 1.71 bits per heavy atom. The highest BCUT2D eigenvalue weighted by molar-refractivity contribution is 5.96. The number of nitrogen functional groups attached to an aromatic ring is 1. The fourth-order valence-electron chi connectivity index (χ4n) is 2.33. The number of aliphatic hydroxyl groups excluding tert-OH is 2. The first-order valence-corrected chi connectivity index (χ1v) is 10.6. The number of amidine groups is 1. The van der Waals surface area contributed by atoms with Gasteiger partial charge in [0.2, 0.25) is 12.3 Å². The van der Waals surface area contributed by atoms with Gasteiger partial charge in [-0.25, -0.2) is 0 Å². The van der Waals surface area contributed by atoms with Crippen molar-refractivity contribution in [1.82, 2.24) is 0 Å². The molecule has 2 rings (SSSR count). The number of likely N-dealkylation sites (N-methyl/N-ethyl adjacent to an activating group) is 1. The Morgan fingerprint density at radius 1 is 1.11 bits per heavy atom. The van der Waals surface area contributed by atoms with Crippen LogP contribution >= 0.6 is 0 Å². The first-order chi connectivity index (χ1) is 16.8. The Morgan fingerprint density at radius 3 is 2.20 bits per heavy atom. The number of nitrogens with two attached hydrogens (primary N) is 1. The molecule has 0 atom stereocenters. The van der Waals surface area contributed by atoms with E-state index in [2.05, 4.69) is 23.5 Å². The average molecular weight is 486 g/mol. The van der Waals surface area contributed by atoms with Gasteiger partial charge in [0.05, 0.1) is 6.61 Å². The van der Waals surface area contributed by atoms with Gasteiger partial charge in [0.1, 0.15) is 12.1 Å². The lowest BCUT2D eigenvalue weighted by Crippen LogP contribution is -2.21. The van der Waals surface area contributed by atoms with Gasteiger partial charge >= 0.3 is 0 Å². The Bertz CT molecular complexity index is 901. The molecule has 0 spiro atoms. The smallest absolute Gasteiger partial charge is 0.224 e. The van der Waals surface area contributed by atoms with Crippen LogP contribution in [0.15, 0.2) is 48.5 Å². The standard InChI is InChI=1S/C11H13N3O2.C10H14N2O2.C2H6O.C2H2/c12-11(13)8-3-5-9(6-4-8)14-10(16)2-1-7-15;1-12(5-6-13)10-4-2-3-9(7-10)11-8-14;1-2-3;1-2/h3-7H,1-2H2,(H3,12,13)(H,14,16);2-4,7-8,13H,5-6H2,1H3,(H,11,14);3H,2H2,1H3;1-2H. The van der Waals surface area contributed by atoms with E-state index in [4.69, 9.17) is 21.4 Å². The Balaban J connectivity index is 0. The molecule has 0 heterocycles. The zero-order valence-corrected chi connectivity index (χ0v) is 20.1. The molecule has 0 aliphatic heterocycles. The molecule has 0 aliphatic carbocycles. The molecule has 2 amide bonds. The minimum Gasteiger partial charge on any atom is -0.397 e. The summed E-state index contributed by atoms with van der Waals surface area (Å²) in [6.45, 7) is 2.62. The Labute approximate surface area is 206 Å².